The molecule has 3 amide bonds. The second kappa shape index (κ2) is 19.5. The Labute approximate surface area is 312 Å². The third-order valence-corrected chi connectivity index (χ3v) is 9.63. The van der Waals surface area contributed by atoms with Gasteiger partial charge in [0, 0.05) is 51.8 Å². The third kappa shape index (κ3) is 11.2. The van der Waals surface area contributed by atoms with Gasteiger partial charge in [-0.25, -0.2) is 9.59 Å². The smallest absolute Gasteiger partial charge is 0.417 e. The van der Waals surface area contributed by atoms with E-state index in [2.05, 4.69) is 11.0 Å². The van der Waals surface area contributed by atoms with Gasteiger partial charge in [-0.1, -0.05) is 55.8 Å². The minimum Gasteiger partial charge on any atom is -0.490 e. The van der Waals surface area contributed by atoms with Crippen molar-refractivity contribution in [1.29, 1.82) is 0 Å². The molecule has 2 aromatic rings. The maximum absolute atomic E-state index is 13.5. The number of nitrogens with zero attached hydrogens (tertiary/aromatic N) is 3. The number of hydrogen-bond donors (Lipinski definition) is 1. The second-order valence-electron chi connectivity index (χ2n) is 13.9. The van der Waals surface area contributed by atoms with E-state index in [1.54, 1.807) is 28.1 Å². The number of rotatable bonds is 17. The van der Waals surface area contributed by atoms with Crippen LogP contribution in [0.3, 0.4) is 0 Å². The first-order chi connectivity index (χ1) is 24.8. The largest absolute Gasteiger partial charge is 0.490 e. The van der Waals surface area contributed by atoms with Crippen LogP contribution in [0.4, 0.5) is 15.3 Å². The summed E-state index contributed by atoms with van der Waals surface area (Å²) in [6.07, 6.45) is -1.00. The van der Waals surface area contributed by atoms with E-state index < -0.39 is 41.2 Å². The number of hydrogen-bond acceptors (Lipinski definition) is 10. The summed E-state index contributed by atoms with van der Waals surface area (Å²) >= 11 is 5.82. The number of methoxy groups -OCH3 is 2. The highest BCUT2D eigenvalue weighted by atomic mass is 35.5. The standard InChI is InChI=1S/C38H54ClN3O10/c1-26(39)52-37(46)40(4)35(43)38(2,3)22-30-21-31(29-11-8-27(9-12-29)24-49-19-18-48-6)34(23-42(30)36(44)45)51-25-28-10-13-33-32(20-28)41(15-17-50-33)14-7-16-47-5/h8-13,20,26,30-31,34H,7,14-19,21-25H2,1-6H3,(H,44,45)/t26?,30-,31-,34+/m1/s1. The van der Waals surface area contributed by atoms with Gasteiger partial charge in [0.1, 0.15) is 12.4 Å². The monoisotopic (exact) mass is 747 g/mol. The highest BCUT2D eigenvalue weighted by molar-refractivity contribution is 6.20. The fourth-order valence-electron chi connectivity index (χ4n) is 6.86. The van der Waals surface area contributed by atoms with Crippen molar-refractivity contribution in [2.75, 3.05) is 72.2 Å². The summed E-state index contributed by atoms with van der Waals surface area (Å²) in [6.45, 7) is 9.56. The van der Waals surface area contributed by atoms with E-state index in [4.69, 9.17) is 40.0 Å². The minimum atomic E-state index is -1.11. The first-order valence-electron chi connectivity index (χ1n) is 17.7. The van der Waals surface area contributed by atoms with Crippen molar-refractivity contribution in [1.82, 2.24) is 9.80 Å². The molecule has 1 saturated heterocycles. The zero-order chi connectivity index (χ0) is 37.8. The number of carbonyl (C=O) groups excluding carboxylic acids is 2. The first-order valence-corrected chi connectivity index (χ1v) is 18.2. The summed E-state index contributed by atoms with van der Waals surface area (Å²) in [4.78, 5) is 43.4. The van der Waals surface area contributed by atoms with Gasteiger partial charge < -0.3 is 43.3 Å². The van der Waals surface area contributed by atoms with Crippen molar-refractivity contribution in [3.63, 3.8) is 0 Å². The summed E-state index contributed by atoms with van der Waals surface area (Å²) in [7, 11) is 4.66. The molecule has 1 N–H and O–H groups in total. The highest BCUT2D eigenvalue weighted by Crippen LogP contribution is 2.40. The summed E-state index contributed by atoms with van der Waals surface area (Å²) in [6, 6.07) is 13.5. The molecule has 1 unspecified atom stereocenters. The molecule has 14 heteroatoms. The molecule has 0 aliphatic carbocycles. The van der Waals surface area contributed by atoms with Crippen molar-refractivity contribution in [2.24, 2.45) is 5.41 Å². The van der Waals surface area contributed by atoms with Gasteiger partial charge in [0.2, 0.25) is 5.91 Å². The van der Waals surface area contributed by atoms with Crippen LogP contribution in [0.15, 0.2) is 42.5 Å². The van der Waals surface area contributed by atoms with Crippen molar-refractivity contribution in [3.05, 3.63) is 59.2 Å². The van der Waals surface area contributed by atoms with Gasteiger partial charge in [0.15, 0.2) is 5.56 Å². The Morgan fingerprint density at radius 3 is 2.42 bits per heavy atom. The number of alkyl halides is 1. The Kier molecular flexibility index (Phi) is 15.4. The molecule has 2 aromatic carbocycles. The molecule has 0 spiro atoms. The molecule has 13 nitrogen and oxygen atoms in total. The molecule has 4 atom stereocenters. The summed E-state index contributed by atoms with van der Waals surface area (Å²) in [5.41, 5.74) is 1.91. The second-order valence-corrected chi connectivity index (χ2v) is 14.5. The Bertz CT molecular complexity index is 1470. The number of fused-ring (bicyclic) bond motifs is 1. The van der Waals surface area contributed by atoms with Crippen LogP contribution < -0.4 is 9.64 Å². The van der Waals surface area contributed by atoms with Crippen LogP contribution in [0.25, 0.3) is 0 Å². The van der Waals surface area contributed by atoms with Gasteiger partial charge >= 0.3 is 12.2 Å². The van der Waals surface area contributed by atoms with Crippen LogP contribution in [0.5, 0.6) is 5.75 Å². The molecular weight excluding hydrogens is 694 g/mol. The van der Waals surface area contributed by atoms with E-state index >= 15 is 0 Å². The van der Waals surface area contributed by atoms with Gasteiger partial charge in [-0.05, 0) is 55.0 Å². The number of carbonyl (C=O) groups is 3. The average Bonchev–Trinajstić information content (AvgIpc) is 3.12. The first kappa shape index (κ1) is 41.1. The van der Waals surface area contributed by atoms with Crippen molar-refractivity contribution in [2.45, 2.75) is 76.9 Å². The molecule has 4 rings (SSSR count). The molecule has 0 radical (unpaired) electrons. The minimum absolute atomic E-state index is 0.0929. The van der Waals surface area contributed by atoms with E-state index in [9.17, 15) is 19.5 Å². The molecule has 2 aliphatic rings. The SMILES string of the molecule is COCCCN1CCOc2ccc(CO[C@H]3CN(C(=O)O)[C@@H](CC(C)(C)C(=O)N(C)C(=O)OC(C)Cl)C[C@@H]3c3ccc(COCCOC)cc3)cc21. The summed E-state index contributed by atoms with van der Waals surface area (Å²) in [5, 5.41) is 10.4. The lowest BCUT2D eigenvalue weighted by Crippen LogP contribution is -2.54. The maximum atomic E-state index is 13.5. The van der Waals surface area contributed by atoms with Crippen LogP contribution >= 0.6 is 11.6 Å². The van der Waals surface area contributed by atoms with Gasteiger partial charge in [-0.3, -0.25) is 9.69 Å². The van der Waals surface area contributed by atoms with Gasteiger partial charge in [-0.15, -0.1) is 0 Å². The van der Waals surface area contributed by atoms with E-state index in [1.807, 2.05) is 36.4 Å². The molecule has 1 fully saturated rings. The lowest BCUT2D eigenvalue weighted by Gasteiger charge is -2.45. The lowest BCUT2D eigenvalue weighted by molar-refractivity contribution is -0.139. The van der Waals surface area contributed by atoms with Crippen LogP contribution in [0.2, 0.25) is 0 Å². The third-order valence-electron chi connectivity index (χ3n) is 9.54. The number of ether oxygens (including phenoxy) is 6. The van der Waals surface area contributed by atoms with E-state index in [-0.39, 0.29) is 25.5 Å². The number of imide groups is 1. The molecule has 0 aromatic heterocycles. The number of piperidine rings is 1. The summed E-state index contributed by atoms with van der Waals surface area (Å²) in [5.74, 6) is 0.129. The summed E-state index contributed by atoms with van der Waals surface area (Å²) < 4.78 is 33.6. The van der Waals surface area contributed by atoms with Crippen LogP contribution in [-0.2, 0) is 41.7 Å². The van der Waals surface area contributed by atoms with Crippen molar-refractivity contribution >= 4 is 35.4 Å². The number of benzene rings is 2. The fraction of sp³-hybridized carbons (Fsp3) is 0.605. The quantitative estimate of drug-likeness (QED) is 0.149. The zero-order valence-electron chi connectivity index (χ0n) is 31.2. The molecule has 0 bridgehead atoms. The molecule has 2 aliphatic heterocycles. The molecule has 0 saturated carbocycles. The zero-order valence-corrected chi connectivity index (χ0v) is 31.9. The Morgan fingerprint density at radius 1 is 1.04 bits per heavy atom. The number of halogens is 1. The molecule has 52 heavy (non-hydrogen) atoms. The average molecular weight is 748 g/mol. The Balaban J connectivity index is 1.57. The highest BCUT2D eigenvalue weighted by Gasteiger charge is 2.44. The number of amides is 3. The van der Waals surface area contributed by atoms with Gasteiger partial charge in [0.25, 0.3) is 0 Å². The Hall–Kier alpha value is -3.62. The maximum Gasteiger partial charge on any atom is 0.417 e. The Morgan fingerprint density at radius 2 is 1.75 bits per heavy atom. The van der Waals surface area contributed by atoms with Crippen LogP contribution in [0.1, 0.15) is 62.6 Å². The van der Waals surface area contributed by atoms with Gasteiger partial charge in [0.05, 0.1) is 51.3 Å². The number of carboxylic acid groups (broad SMARTS) is 1. The normalized spacial score (nSPS) is 19.4. The van der Waals surface area contributed by atoms with Crippen molar-refractivity contribution in [3.8, 4) is 5.75 Å². The predicted molar refractivity (Wildman–Crippen MR) is 196 cm³/mol. The molecule has 288 valence electrons. The van der Waals surface area contributed by atoms with E-state index in [0.717, 1.165) is 52.5 Å². The lowest BCUT2D eigenvalue weighted by atomic mass is 9.76. The molecular formula is C38H54ClN3O10. The molecule has 2 heterocycles. The van der Waals surface area contributed by atoms with Crippen LogP contribution in [-0.4, -0.2) is 118 Å². The number of likely N-dealkylation sites (tertiary alicyclic amines) is 1. The van der Waals surface area contributed by atoms with Crippen molar-refractivity contribution < 1.29 is 47.9 Å². The predicted octanol–water partition coefficient (Wildman–Crippen LogP) is 6.10. The van der Waals surface area contributed by atoms with E-state index in [1.165, 1.54) is 18.9 Å². The number of anilines is 1. The van der Waals surface area contributed by atoms with Crippen LogP contribution in [0, 0.1) is 5.41 Å². The fourth-order valence-corrected chi connectivity index (χ4v) is 6.93. The van der Waals surface area contributed by atoms with Gasteiger partial charge in [-0.2, -0.15) is 0 Å². The van der Waals surface area contributed by atoms with E-state index in [0.29, 0.717) is 39.5 Å². The topological polar surface area (TPSA) is 137 Å².